The number of carbonyl (C=O) groups is 2. The van der Waals surface area contributed by atoms with Gasteiger partial charge in [-0.15, -0.1) is 10.2 Å². The van der Waals surface area contributed by atoms with Gasteiger partial charge in [0.2, 0.25) is 11.8 Å². The number of carbonyl (C=O) groups excluding carboxylic acids is 2. The molecule has 3 heterocycles. The van der Waals surface area contributed by atoms with Crippen LogP contribution in [0.4, 0.5) is 10.1 Å². The maximum absolute atomic E-state index is 14.7. The Morgan fingerprint density at radius 1 is 0.943 bits per heavy atom. The fraction of sp³-hybridized carbons (Fsp3) is 0.346. The van der Waals surface area contributed by atoms with Gasteiger partial charge < -0.3 is 9.88 Å². The topological polar surface area (TPSA) is 92.5 Å². The van der Waals surface area contributed by atoms with Gasteiger partial charge in [-0.2, -0.15) is 5.10 Å². The van der Waals surface area contributed by atoms with E-state index in [1.807, 2.05) is 34.9 Å². The van der Waals surface area contributed by atoms with Crippen molar-refractivity contribution in [3.8, 4) is 11.4 Å². The monoisotopic (exact) mass is 474 g/mol. The summed E-state index contributed by atoms with van der Waals surface area (Å²) < 4.78 is 16.6. The van der Waals surface area contributed by atoms with Crippen LogP contribution in [-0.2, 0) is 22.6 Å². The molecule has 0 bridgehead atoms. The van der Waals surface area contributed by atoms with Gasteiger partial charge in [-0.1, -0.05) is 36.8 Å². The second kappa shape index (κ2) is 10.2. The third-order valence-corrected chi connectivity index (χ3v) is 6.36. The van der Waals surface area contributed by atoms with E-state index in [-0.39, 0.29) is 24.7 Å². The van der Waals surface area contributed by atoms with Crippen molar-refractivity contribution in [2.75, 3.05) is 11.9 Å². The predicted molar refractivity (Wildman–Crippen MR) is 130 cm³/mol. The smallest absolute Gasteiger partial charge is 0.243 e. The number of anilines is 1. The zero-order chi connectivity index (χ0) is 24.2. The summed E-state index contributed by atoms with van der Waals surface area (Å²) in [5.74, 6) is 0.412. The molecule has 0 aliphatic carbocycles. The Morgan fingerprint density at radius 2 is 1.80 bits per heavy atom. The number of benzene rings is 2. The van der Waals surface area contributed by atoms with Crippen LogP contribution in [0.2, 0.25) is 0 Å². The maximum Gasteiger partial charge on any atom is 0.243 e. The molecule has 0 atom stereocenters. The summed E-state index contributed by atoms with van der Waals surface area (Å²) in [5.41, 5.74) is 2.63. The van der Waals surface area contributed by atoms with Crippen LogP contribution in [-0.4, -0.2) is 43.8 Å². The molecular formula is C26H27FN6O2. The number of amides is 2. The first-order chi connectivity index (χ1) is 17.1. The highest BCUT2D eigenvalue weighted by molar-refractivity contribution is 6.02. The van der Waals surface area contributed by atoms with Crippen LogP contribution in [0.15, 0.2) is 53.6 Å². The number of hydrazone groups is 1. The van der Waals surface area contributed by atoms with Crippen molar-refractivity contribution in [2.24, 2.45) is 5.10 Å². The first kappa shape index (κ1) is 22.9. The van der Waals surface area contributed by atoms with Crippen molar-refractivity contribution in [3.63, 3.8) is 0 Å². The van der Waals surface area contributed by atoms with Gasteiger partial charge in [0.1, 0.15) is 11.6 Å². The molecule has 2 aromatic carbocycles. The molecule has 2 aliphatic heterocycles. The van der Waals surface area contributed by atoms with E-state index in [0.29, 0.717) is 30.0 Å². The van der Waals surface area contributed by atoms with Gasteiger partial charge in [0.15, 0.2) is 5.82 Å². The third-order valence-electron chi connectivity index (χ3n) is 6.36. The van der Waals surface area contributed by atoms with E-state index in [1.54, 1.807) is 6.07 Å². The largest absolute Gasteiger partial charge is 0.326 e. The Balaban J connectivity index is 1.21. The quantitative estimate of drug-likeness (QED) is 0.581. The molecule has 2 aliphatic rings. The zero-order valence-electron chi connectivity index (χ0n) is 19.4. The van der Waals surface area contributed by atoms with E-state index >= 15 is 0 Å². The molecule has 0 spiro atoms. The van der Waals surface area contributed by atoms with E-state index in [1.165, 1.54) is 17.1 Å². The lowest BCUT2D eigenvalue weighted by Crippen LogP contribution is -2.25. The van der Waals surface area contributed by atoms with Crippen LogP contribution >= 0.6 is 0 Å². The molecule has 0 saturated carbocycles. The Bertz CT molecular complexity index is 1270. The van der Waals surface area contributed by atoms with Gasteiger partial charge in [-0.05, 0) is 36.6 Å². The number of aryl methyl sites for hydroxylation is 1. The fourth-order valence-corrected chi connectivity index (χ4v) is 4.50. The van der Waals surface area contributed by atoms with Crippen LogP contribution < -0.4 is 5.32 Å². The van der Waals surface area contributed by atoms with Gasteiger partial charge in [-0.25, -0.2) is 9.40 Å². The minimum absolute atomic E-state index is 0.0125. The van der Waals surface area contributed by atoms with Crippen molar-refractivity contribution in [3.05, 3.63) is 65.7 Å². The first-order valence-electron chi connectivity index (χ1n) is 12.0. The number of rotatable bonds is 6. The van der Waals surface area contributed by atoms with Gasteiger partial charge in [0.05, 0.1) is 17.8 Å². The average Bonchev–Trinajstić information content (AvgIpc) is 3.46. The number of halogens is 1. The number of aromatic nitrogens is 3. The minimum atomic E-state index is -0.418. The van der Waals surface area contributed by atoms with Gasteiger partial charge >= 0.3 is 0 Å². The number of nitrogens with one attached hydrogen (secondary N) is 1. The molecule has 0 unspecified atom stereocenters. The van der Waals surface area contributed by atoms with E-state index < -0.39 is 5.82 Å². The van der Waals surface area contributed by atoms with Gasteiger partial charge in [-0.3, -0.25) is 9.59 Å². The van der Waals surface area contributed by atoms with E-state index in [4.69, 9.17) is 0 Å². The van der Waals surface area contributed by atoms with Crippen LogP contribution in [0.25, 0.3) is 11.4 Å². The summed E-state index contributed by atoms with van der Waals surface area (Å²) in [4.78, 5) is 25.1. The Labute approximate surface area is 202 Å². The fourth-order valence-electron chi connectivity index (χ4n) is 4.50. The van der Waals surface area contributed by atoms with Crippen molar-refractivity contribution in [1.82, 2.24) is 19.8 Å². The average molecular weight is 475 g/mol. The van der Waals surface area contributed by atoms with Crippen molar-refractivity contribution >= 4 is 23.2 Å². The van der Waals surface area contributed by atoms with Crippen LogP contribution in [0.5, 0.6) is 0 Å². The summed E-state index contributed by atoms with van der Waals surface area (Å²) in [5, 5.41) is 17.1. The Kier molecular flexibility index (Phi) is 6.65. The molecular weight excluding hydrogens is 447 g/mol. The number of hydrogen-bond acceptors (Lipinski definition) is 5. The van der Waals surface area contributed by atoms with Crippen molar-refractivity contribution in [1.29, 1.82) is 0 Å². The minimum Gasteiger partial charge on any atom is -0.326 e. The lowest BCUT2D eigenvalue weighted by atomic mass is 10.1. The molecule has 8 nitrogen and oxygen atoms in total. The van der Waals surface area contributed by atoms with Crippen molar-refractivity contribution in [2.45, 2.75) is 51.5 Å². The summed E-state index contributed by atoms with van der Waals surface area (Å²) in [6.45, 7) is 1.26. The molecule has 5 rings (SSSR count). The summed E-state index contributed by atoms with van der Waals surface area (Å²) >= 11 is 0. The molecule has 3 aromatic rings. The van der Waals surface area contributed by atoms with Crippen molar-refractivity contribution < 1.29 is 14.0 Å². The maximum atomic E-state index is 14.7. The van der Waals surface area contributed by atoms with Crippen LogP contribution in [0.1, 0.15) is 49.9 Å². The third kappa shape index (κ3) is 5.13. The van der Waals surface area contributed by atoms with Gasteiger partial charge in [0.25, 0.3) is 0 Å². The highest BCUT2D eigenvalue weighted by Gasteiger charge is 2.23. The van der Waals surface area contributed by atoms with E-state index in [2.05, 4.69) is 20.6 Å². The zero-order valence-corrected chi connectivity index (χ0v) is 19.4. The molecule has 180 valence electrons. The SMILES string of the molecule is O=C(CCC(=O)N1CCC(c2ccccc2)=N1)Nc1ccc(F)c(-c2nnc3n2CCCCC3)c1. The Hall–Kier alpha value is -3.88. The summed E-state index contributed by atoms with van der Waals surface area (Å²) in [6.07, 6.45) is 4.72. The van der Waals surface area contributed by atoms with Crippen LogP contribution in [0.3, 0.4) is 0 Å². The molecule has 1 aromatic heterocycles. The highest BCUT2D eigenvalue weighted by atomic mass is 19.1. The standard InChI is InChI=1S/C26H27FN6O2/c27-21-11-10-19(17-20(21)26-30-29-23-9-5-2-6-15-32(23)26)28-24(34)12-13-25(35)33-16-14-22(31-33)18-7-3-1-4-8-18/h1,3-4,7-8,10-11,17H,2,5-6,9,12-16H2,(H,28,34). The molecule has 35 heavy (non-hydrogen) atoms. The molecule has 2 amide bonds. The molecule has 0 saturated heterocycles. The highest BCUT2D eigenvalue weighted by Crippen LogP contribution is 2.27. The Morgan fingerprint density at radius 3 is 2.66 bits per heavy atom. The van der Waals surface area contributed by atoms with E-state index in [0.717, 1.165) is 49.3 Å². The number of fused-ring (bicyclic) bond motifs is 1. The van der Waals surface area contributed by atoms with E-state index in [9.17, 15) is 14.0 Å². The molecule has 0 radical (unpaired) electrons. The van der Waals surface area contributed by atoms with Gasteiger partial charge in [0, 0.05) is 37.9 Å². The lowest BCUT2D eigenvalue weighted by molar-refractivity contribution is -0.132. The second-order valence-corrected chi connectivity index (χ2v) is 8.82. The lowest BCUT2D eigenvalue weighted by Gasteiger charge is -2.12. The number of nitrogens with zero attached hydrogens (tertiary/aromatic N) is 5. The summed E-state index contributed by atoms with van der Waals surface area (Å²) in [6, 6.07) is 14.1. The molecule has 0 fully saturated rings. The summed E-state index contributed by atoms with van der Waals surface area (Å²) in [7, 11) is 0. The first-order valence-corrected chi connectivity index (χ1v) is 12.0. The van der Waals surface area contributed by atoms with Crippen LogP contribution in [0, 0.1) is 5.82 Å². The number of hydrogen-bond donors (Lipinski definition) is 1. The molecule has 9 heteroatoms. The normalized spacial score (nSPS) is 15.3. The second-order valence-electron chi connectivity index (χ2n) is 8.82. The predicted octanol–water partition coefficient (Wildman–Crippen LogP) is 4.17. The molecule has 1 N–H and O–H groups in total.